The summed E-state index contributed by atoms with van der Waals surface area (Å²) in [6.07, 6.45) is 5.57. The van der Waals surface area contributed by atoms with Gasteiger partial charge in [-0.25, -0.2) is 4.98 Å². The summed E-state index contributed by atoms with van der Waals surface area (Å²) in [7, 11) is 2.17. The average molecular weight is 267 g/mol. The second-order valence-corrected chi connectivity index (χ2v) is 6.26. The van der Waals surface area contributed by atoms with Crippen LogP contribution in [0.5, 0.6) is 0 Å². The van der Waals surface area contributed by atoms with Crippen LogP contribution in [0.25, 0.3) is 0 Å². The second kappa shape index (κ2) is 7.22. The van der Waals surface area contributed by atoms with E-state index < -0.39 is 0 Å². The molecule has 0 bridgehead atoms. The minimum absolute atomic E-state index is 0.742. The lowest BCUT2D eigenvalue weighted by Crippen LogP contribution is -2.40. The Bertz CT molecular complexity index is 326. The minimum Gasteiger partial charge on any atom is -0.312 e. The van der Waals surface area contributed by atoms with E-state index in [0.717, 1.165) is 31.6 Å². The zero-order chi connectivity index (χ0) is 12.8. The highest BCUT2D eigenvalue weighted by atomic mass is 32.1. The molecule has 1 fully saturated rings. The van der Waals surface area contributed by atoms with Crippen molar-refractivity contribution in [2.45, 2.75) is 45.2 Å². The number of aromatic nitrogens is 1. The van der Waals surface area contributed by atoms with Crippen LogP contribution >= 0.6 is 11.3 Å². The van der Waals surface area contributed by atoms with Crippen LogP contribution in [0.1, 0.15) is 38.3 Å². The number of nitrogens with zero attached hydrogens (tertiary/aromatic N) is 2. The van der Waals surface area contributed by atoms with E-state index in [-0.39, 0.29) is 0 Å². The van der Waals surface area contributed by atoms with Crippen molar-refractivity contribution in [3.05, 3.63) is 16.6 Å². The fraction of sp³-hybridized carbons (Fsp3) is 0.786. The molecule has 1 aliphatic carbocycles. The van der Waals surface area contributed by atoms with Crippen molar-refractivity contribution in [3.63, 3.8) is 0 Å². The van der Waals surface area contributed by atoms with Crippen LogP contribution in [-0.2, 0) is 6.54 Å². The van der Waals surface area contributed by atoms with E-state index in [0.29, 0.717) is 0 Å². The third kappa shape index (κ3) is 4.34. The smallest absolute Gasteiger partial charge is 0.0795 e. The molecule has 4 heteroatoms. The number of likely N-dealkylation sites (N-methyl/N-ethyl adjacent to an activating group) is 1. The molecule has 0 aromatic carbocycles. The van der Waals surface area contributed by atoms with Crippen molar-refractivity contribution in [2.75, 3.05) is 20.1 Å². The molecule has 2 rings (SSSR count). The van der Waals surface area contributed by atoms with Gasteiger partial charge in [0.15, 0.2) is 0 Å². The largest absolute Gasteiger partial charge is 0.312 e. The van der Waals surface area contributed by atoms with Crippen LogP contribution in [0.2, 0.25) is 0 Å². The summed E-state index contributed by atoms with van der Waals surface area (Å²) < 4.78 is 0. The van der Waals surface area contributed by atoms with E-state index in [1.165, 1.54) is 31.4 Å². The molecule has 1 saturated carbocycles. The average Bonchev–Trinajstić information content (AvgIpc) is 2.84. The molecule has 1 aromatic rings. The lowest BCUT2D eigenvalue weighted by molar-refractivity contribution is 0.258. The zero-order valence-corrected chi connectivity index (χ0v) is 12.4. The van der Waals surface area contributed by atoms with Crippen LogP contribution < -0.4 is 5.32 Å². The molecule has 1 aliphatic rings. The normalized spacial score (nSPS) is 24.6. The molecule has 18 heavy (non-hydrogen) atoms. The van der Waals surface area contributed by atoms with Crippen molar-refractivity contribution < 1.29 is 0 Å². The van der Waals surface area contributed by atoms with Crippen molar-refractivity contribution in [3.8, 4) is 0 Å². The Morgan fingerprint density at radius 2 is 2.28 bits per heavy atom. The molecule has 1 aromatic heterocycles. The fourth-order valence-electron chi connectivity index (χ4n) is 2.73. The van der Waals surface area contributed by atoms with Gasteiger partial charge in [-0.1, -0.05) is 19.8 Å². The van der Waals surface area contributed by atoms with E-state index in [2.05, 4.69) is 34.6 Å². The molecule has 2 unspecified atom stereocenters. The summed E-state index contributed by atoms with van der Waals surface area (Å²) >= 11 is 1.68. The fourth-order valence-corrected chi connectivity index (χ4v) is 3.28. The van der Waals surface area contributed by atoms with Gasteiger partial charge in [0.2, 0.25) is 0 Å². The lowest BCUT2D eigenvalue weighted by Gasteiger charge is -2.30. The standard InChI is InChI=1S/C14H25N3S/c1-12-5-3-4-6-14(12)15-7-8-17(2)9-13-10-18-11-16-13/h10-12,14-15H,3-9H2,1-2H3. The van der Waals surface area contributed by atoms with Crippen molar-refractivity contribution >= 4 is 11.3 Å². The summed E-state index contributed by atoms with van der Waals surface area (Å²) in [6, 6.07) is 0.742. The Morgan fingerprint density at radius 3 is 3.00 bits per heavy atom. The van der Waals surface area contributed by atoms with Gasteiger partial charge in [0, 0.05) is 31.1 Å². The summed E-state index contributed by atoms with van der Waals surface area (Å²) in [5.74, 6) is 0.850. The molecule has 0 aliphatic heterocycles. The van der Waals surface area contributed by atoms with Crippen LogP contribution in [0.3, 0.4) is 0 Å². The number of hydrogen-bond acceptors (Lipinski definition) is 4. The van der Waals surface area contributed by atoms with Gasteiger partial charge in [-0.2, -0.15) is 0 Å². The number of thiazole rings is 1. The van der Waals surface area contributed by atoms with Crippen LogP contribution in [0.15, 0.2) is 10.9 Å². The summed E-state index contributed by atoms with van der Waals surface area (Å²) in [4.78, 5) is 6.67. The third-order valence-electron chi connectivity index (χ3n) is 3.93. The predicted octanol–water partition coefficient (Wildman–Crippen LogP) is 2.74. The van der Waals surface area contributed by atoms with Crippen LogP contribution in [0.4, 0.5) is 0 Å². The maximum absolute atomic E-state index is 4.32. The van der Waals surface area contributed by atoms with Gasteiger partial charge in [-0.15, -0.1) is 11.3 Å². The zero-order valence-electron chi connectivity index (χ0n) is 11.6. The first-order valence-corrected chi connectivity index (χ1v) is 7.99. The molecular formula is C14H25N3S. The van der Waals surface area contributed by atoms with Crippen LogP contribution in [-0.4, -0.2) is 36.1 Å². The molecule has 0 saturated heterocycles. The van der Waals surface area contributed by atoms with Crippen molar-refractivity contribution in [1.29, 1.82) is 0 Å². The van der Waals surface area contributed by atoms with Gasteiger partial charge >= 0.3 is 0 Å². The molecule has 0 spiro atoms. The van der Waals surface area contributed by atoms with Gasteiger partial charge in [0.05, 0.1) is 11.2 Å². The van der Waals surface area contributed by atoms with Crippen molar-refractivity contribution in [2.24, 2.45) is 5.92 Å². The Hall–Kier alpha value is -0.450. The van der Waals surface area contributed by atoms with Gasteiger partial charge in [0.1, 0.15) is 0 Å². The molecule has 2 atom stereocenters. The maximum Gasteiger partial charge on any atom is 0.0795 e. The molecule has 102 valence electrons. The lowest BCUT2D eigenvalue weighted by atomic mass is 9.86. The minimum atomic E-state index is 0.742. The van der Waals surface area contributed by atoms with Crippen LogP contribution in [0, 0.1) is 5.92 Å². The first kappa shape index (κ1) is 14.0. The third-order valence-corrected chi connectivity index (χ3v) is 4.56. The Kier molecular flexibility index (Phi) is 5.60. The Morgan fingerprint density at radius 1 is 1.44 bits per heavy atom. The summed E-state index contributed by atoms with van der Waals surface area (Å²) in [6.45, 7) is 5.54. The van der Waals surface area contributed by atoms with E-state index in [1.807, 2.05) is 5.51 Å². The highest BCUT2D eigenvalue weighted by Gasteiger charge is 2.20. The Balaban J connectivity index is 1.62. The highest BCUT2D eigenvalue weighted by molar-refractivity contribution is 7.07. The second-order valence-electron chi connectivity index (χ2n) is 5.54. The highest BCUT2D eigenvalue weighted by Crippen LogP contribution is 2.23. The first-order chi connectivity index (χ1) is 8.75. The van der Waals surface area contributed by atoms with Gasteiger partial charge in [-0.05, 0) is 25.8 Å². The van der Waals surface area contributed by atoms with E-state index in [1.54, 1.807) is 11.3 Å². The molecular weight excluding hydrogens is 242 g/mol. The van der Waals surface area contributed by atoms with E-state index in [4.69, 9.17) is 0 Å². The monoisotopic (exact) mass is 267 g/mol. The number of hydrogen-bond donors (Lipinski definition) is 1. The number of nitrogens with one attached hydrogen (secondary N) is 1. The molecule has 1 N–H and O–H groups in total. The SMILES string of the molecule is CC1CCCCC1NCCN(C)Cc1cscn1. The first-order valence-electron chi connectivity index (χ1n) is 7.04. The van der Waals surface area contributed by atoms with Gasteiger partial charge < -0.3 is 5.32 Å². The molecule has 0 amide bonds. The molecule has 1 heterocycles. The van der Waals surface area contributed by atoms with Gasteiger partial charge in [0.25, 0.3) is 0 Å². The van der Waals surface area contributed by atoms with Crippen molar-refractivity contribution in [1.82, 2.24) is 15.2 Å². The topological polar surface area (TPSA) is 28.2 Å². The quantitative estimate of drug-likeness (QED) is 0.859. The summed E-state index contributed by atoms with van der Waals surface area (Å²) in [5.41, 5.74) is 3.10. The number of rotatable bonds is 6. The molecule has 3 nitrogen and oxygen atoms in total. The van der Waals surface area contributed by atoms with Gasteiger partial charge in [-0.3, -0.25) is 4.90 Å². The predicted molar refractivity (Wildman–Crippen MR) is 77.9 cm³/mol. The Labute approximate surface area is 115 Å². The molecule has 0 radical (unpaired) electrons. The van der Waals surface area contributed by atoms with E-state index >= 15 is 0 Å². The summed E-state index contributed by atoms with van der Waals surface area (Å²) in [5, 5.41) is 5.85. The van der Waals surface area contributed by atoms with E-state index in [9.17, 15) is 0 Å². The maximum atomic E-state index is 4.32.